The van der Waals surface area contributed by atoms with E-state index in [1.54, 1.807) is 44.6 Å². The Bertz CT molecular complexity index is 1160. The molecule has 10 heteroatoms. The van der Waals surface area contributed by atoms with Crippen molar-refractivity contribution >= 4 is 29.3 Å². The monoisotopic (exact) mass is 495 g/mol. The van der Waals surface area contributed by atoms with Crippen molar-refractivity contribution in [2.75, 3.05) is 25.3 Å². The Labute approximate surface area is 208 Å². The van der Waals surface area contributed by atoms with Crippen LogP contribution in [0.15, 0.2) is 66.3 Å². The number of aromatic nitrogens is 3. The van der Waals surface area contributed by atoms with Gasteiger partial charge >= 0.3 is 0 Å². The second-order valence-electron chi connectivity index (χ2n) is 7.62. The Morgan fingerprint density at radius 3 is 2.51 bits per heavy atom. The van der Waals surface area contributed by atoms with Gasteiger partial charge in [0, 0.05) is 18.3 Å². The third-order valence-corrected chi connectivity index (χ3v) is 6.00. The second kappa shape index (κ2) is 12.6. The van der Waals surface area contributed by atoms with E-state index in [9.17, 15) is 9.59 Å². The lowest BCUT2D eigenvalue weighted by molar-refractivity contribution is -0.121. The molecule has 0 aliphatic rings. The number of ether oxygens (including phenoxy) is 2. The molecule has 0 saturated carbocycles. The highest BCUT2D eigenvalue weighted by atomic mass is 32.2. The summed E-state index contributed by atoms with van der Waals surface area (Å²) in [6.07, 6.45) is 1.95. The lowest BCUT2D eigenvalue weighted by Crippen LogP contribution is -2.30. The molecule has 1 aromatic heterocycles. The molecular formula is C25H29N5O4S. The van der Waals surface area contributed by atoms with Crippen molar-refractivity contribution in [1.29, 1.82) is 0 Å². The highest BCUT2D eigenvalue weighted by Crippen LogP contribution is 2.22. The Balaban J connectivity index is 1.60. The standard InChI is InChI=1S/C25H29N5O4S/c1-5-13-30-24(17(2)26-22(31)14-18-9-11-20(33-3)12-10-18)28-29-25(30)35-16-23(32)27-19-7-6-8-21(15-19)34-4/h5-12,15,17H,1,13-14,16H2,2-4H3,(H,26,31)(H,27,32)/t17-/m0/s1. The van der Waals surface area contributed by atoms with E-state index in [2.05, 4.69) is 27.4 Å². The summed E-state index contributed by atoms with van der Waals surface area (Å²) < 4.78 is 12.2. The van der Waals surface area contributed by atoms with Crippen LogP contribution >= 0.6 is 11.8 Å². The molecule has 0 unspecified atom stereocenters. The molecule has 2 amide bonds. The fourth-order valence-corrected chi connectivity index (χ4v) is 4.10. The highest BCUT2D eigenvalue weighted by molar-refractivity contribution is 7.99. The smallest absolute Gasteiger partial charge is 0.234 e. The molecule has 1 atom stereocenters. The Morgan fingerprint density at radius 2 is 1.83 bits per heavy atom. The average Bonchev–Trinajstić information content (AvgIpc) is 3.26. The van der Waals surface area contributed by atoms with Gasteiger partial charge in [0.1, 0.15) is 11.5 Å². The molecule has 0 radical (unpaired) electrons. The van der Waals surface area contributed by atoms with Crippen LogP contribution in [0, 0.1) is 0 Å². The van der Waals surface area contributed by atoms with Gasteiger partial charge in [-0.25, -0.2) is 0 Å². The van der Waals surface area contributed by atoms with Gasteiger partial charge in [-0.2, -0.15) is 0 Å². The van der Waals surface area contributed by atoms with Crippen molar-refractivity contribution in [3.05, 3.63) is 72.6 Å². The molecule has 3 aromatic rings. The van der Waals surface area contributed by atoms with E-state index in [4.69, 9.17) is 9.47 Å². The number of thioether (sulfide) groups is 1. The summed E-state index contributed by atoms with van der Waals surface area (Å²) in [5.74, 6) is 1.81. The molecule has 35 heavy (non-hydrogen) atoms. The Kier molecular flexibility index (Phi) is 9.31. The number of nitrogens with one attached hydrogen (secondary N) is 2. The topological polar surface area (TPSA) is 107 Å². The zero-order chi connectivity index (χ0) is 25.2. The van der Waals surface area contributed by atoms with E-state index >= 15 is 0 Å². The van der Waals surface area contributed by atoms with Crippen LogP contribution in [0.4, 0.5) is 5.69 Å². The third-order valence-electron chi connectivity index (χ3n) is 5.03. The fourth-order valence-electron chi connectivity index (χ4n) is 3.34. The number of hydrogen-bond acceptors (Lipinski definition) is 7. The first kappa shape index (κ1) is 25.8. The van der Waals surface area contributed by atoms with Crippen molar-refractivity contribution < 1.29 is 19.1 Å². The van der Waals surface area contributed by atoms with Crippen LogP contribution in [0.2, 0.25) is 0 Å². The number of methoxy groups -OCH3 is 2. The second-order valence-corrected chi connectivity index (χ2v) is 8.57. The lowest BCUT2D eigenvalue weighted by atomic mass is 10.1. The summed E-state index contributed by atoms with van der Waals surface area (Å²) in [4.78, 5) is 25.0. The minimum atomic E-state index is -0.381. The predicted molar refractivity (Wildman–Crippen MR) is 136 cm³/mol. The van der Waals surface area contributed by atoms with Gasteiger partial charge in [0.15, 0.2) is 11.0 Å². The predicted octanol–water partition coefficient (Wildman–Crippen LogP) is 3.63. The summed E-state index contributed by atoms with van der Waals surface area (Å²) >= 11 is 1.26. The van der Waals surface area contributed by atoms with Gasteiger partial charge in [-0.05, 0) is 36.8 Å². The zero-order valence-corrected chi connectivity index (χ0v) is 20.8. The Hall–Kier alpha value is -3.79. The molecule has 0 bridgehead atoms. The SMILES string of the molecule is C=CCn1c(SCC(=O)Nc2cccc(OC)c2)nnc1[C@H](C)NC(=O)Cc1ccc(OC)cc1. The summed E-state index contributed by atoms with van der Waals surface area (Å²) in [6, 6.07) is 14.1. The van der Waals surface area contributed by atoms with Crippen LogP contribution in [0.5, 0.6) is 11.5 Å². The Morgan fingerprint density at radius 1 is 1.09 bits per heavy atom. The largest absolute Gasteiger partial charge is 0.497 e. The van der Waals surface area contributed by atoms with Gasteiger partial charge in [0.25, 0.3) is 0 Å². The number of anilines is 1. The zero-order valence-electron chi connectivity index (χ0n) is 20.0. The first-order valence-electron chi connectivity index (χ1n) is 11.0. The first-order chi connectivity index (χ1) is 16.9. The quantitative estimate of drug-likeness (QED) is 0.292. The number of allylic oxidation sites excluding steroid dienone is 1. The van der Waals surface area contributed by atoms with Crippen molar-refractivity contribution in [3.8, 4) is 11.5 Å². The summed E-state index contributed by atoms with van der Waals surface area (Å²) in [5, 5.41) is 14.9. The fraction of sp³-hybridized carbons (Fsp3) is 0.280. The highest BCUT2D eigenvalue weighted by Gasteiger charge is 2.20. The number of carbonyl (C=O) groups excluding carboxylic acids is 2. The van der Waals surface area contributed by atoms with Gasteiger partial charge in [-0.1, -0.05) is 36.0 Å². The van der Waals surface area contributed by atoms with Crippen LogP contribution in [-0.2, 0) is 22.6 Å². The molecule has 184 valence electrons. The summed E-state index contributed by atoms with van der Waals surface area (Å²) in [6.45, 7) is 6.09. The number of amides is 2. The number of carbonyl (C=O) groups is 2. The van der Waals surface area contributed by atoms with Crippen LogP contribution in [0.1, 0.15) is 24.4 Å². The minimum Gasteiger partial charge on any atom is -0.497 e. The van der Waals surface area contributed by atoms with Crippen LogP contribution in [0.25, 0.3) is 0 Å². The first-order valence-corrected chi connectivity index (χ1v) is 11.9. The molecule has 3 rings (SSSR count). The van der Waals surface area contributed by atoms with Crippen molar-refractivity contribution in [2.45, 2.75) is 31.1 Å². The van der Waals surface area contributed by atoms with Gasteiger partial charge in [-0.3, -0.25) is 9.59 Å². The van der Waals surface area contributed by atoms with Gasteiger partial charge < -0.3 is 24.7 Å². The lowest BCUT2D eigenvalue weighted by Gasteiger charge is -2.15. The maximum absolute atomic E-state index is 12.6. The number of rotatable bonds is 12. The van der Waals surface area contributed by atoms with Gasteiger partial charge in [-0.15, -0.1) is 16.8 Å². The molecule has 0 saturated heterocycles. The number of hydrogen-bond donors (Lipinski definition) is 2. The molecular weight excluding hydrogens is 466 g/mol. The van der Waals surface area contributed by atoms with Crippen LogP contribution in [-0.4, -0.2) is 46.6 Å². The van der Waals surface area contributed by atoms with Crippen LogP contribution in [0.3, 0.4) is 0 Å². The van der Waals surface area contributed by atoms with Gasteiger partial charge in [0.05, 0.1) is 32.4 Å². The number of nitrogens with zero attached hydrogens (tertiary/aromatic N) is 3. The van der Waals surface area contributed by atoms with Crippen molar-refractivity contribution in [3.63, 3.8) is 0 Å². The van der Waals surface area contributed by atoms with E-state index in [0.717, 1.165) is 11.3 Å². The molecule has 0 fully saturated rings. The molecule has 0 spiro atoms. The van der Waals surface area contributed by atoms with E-state index < -0.39 is 0 Å². The van der Waals surface area contributed by atoms with E-state index in [1.165, 1.54) is 11.8 Å². The maximum atomic E-state index is 12.6. The third kappa shape index (κ3) is 7.35. The van der Waals surface area contributed by atoms with Crippen LogP contribution < -0.4 is 20.1 Å². The summed E-state index contributed by atoms with van der Waals surface area (Å²) in [7, 11) is 3.17. The van der Waals surface area contributed by atoms with Crippen molar-refractivity contribution in [1.82, 2.24) is 20.1 Å². The maximum Gasteiger partial charge on any atom is 0.234 e. The molecule has 9 nitrogen and oxygen atoms in total. The molecule has 2 aromatic carbocycles. The van der Waals surface area contributed by atoms with E-state index in [-0.39, 0.29) is 30.0 Å². The van der Waals surface area contributed by atoms with Crippen molar-refractivity contribution in [2.24, 2.45) is 0 Å². The molecule has 0 aliphatic heterocycles. The molecule has 1 heterocycles. The van der Waals surface area contributed by atoms with E-state index in [1.807, 2.05) is 35.8 Å². The number of benzene rings is 2. The summed E-state index contributed by atoms with van der Waals surface area (Å²) in [5.41, 5.74) is 1.53. The van der Waals surface area contributed by atoms with E-state index in [0.29, 0.717) is 29.0 Å². The molecule has 0 aliphatic carbocycles. The van der Waals surface area contributed by atoms with Gasteiger partial charge in [0.2, 0.25) is 11.8 Å². The molecule has 2 N–H and O–H groups in total. The normalized spacial score (nSPS) is 11.4. The minimum absolute atomic E-state index is 0.136. The average molecular weight is 496 g/mol.